The summed E-state index contributed by atoms with van der Waals surface area (Å²) in [6.45, 7) is 9.23. The molecule has 1 atom stereocenters. The molecule has 2 aromatic carbocycles. The van der Waals surface area contributed by atoms with Crippen LogP contribution in [0.1, 0.15) is 19.4 Å². The Kier molecular flexibility index (Phi) is 6.35. The first-order valence-electron chi connectivity index (χ1n) is 9.79. The van der Waals surface area contributed by atoms with Crippen molar-refractivity contribution in [3.05, 3.63) is 60.2 Å². The quantitative estimate of drug-likeness (QED) is 0.813. The van der Waals surface area contributed by atoms with E-state index in [1.54, 1.807) is 12.1 Å². The third-order valence-corrected chi connectivity index (χ3v) is 5.51. The molecule has 0 radical (unpaired) electrons. The van der Waals surface area contributed by atoms with Gasteiger partial charge in [-0.15, -0.1) is 0 Å². The van der Waals surface area contributed by atoms with E-state index < -0.39 is 0 Å². The molecule has 27 heavy (non-hydrogen) atoms. The van der Waals surface area contributed by atoms with Crippen LogP contribution in [0.15, 0.2) is 54.6 Å². The number of nitrogens with zero attached hydrogens (tertiary/aromatic N) is 2. The number of nitrogens with one attached hydrogen (secondary N) is 1. The zero-order chi connectivity index (χ0) is 19.2. The Balaban J connectivity index is 1.56. The van der Waals surface area contributed by atoms with Gasteiger partial charge in [-0.1, -0.05) is 30.3 Å². The number of aromatic hydroxyl groups is 1. The number of likely N-dealkylation sites (N-methyl/N-ethyl adjacent to an activating group) is 1. The van der Waals surface area contributed by atoms with Crippen molar-refractivity contribution in [1.82, 2.24) is 4.90 Å². The molecule has 1 fully saturated rings. The molecule has 5 heteroatoms. The number of hydrogen-bond acceptors (Lipinski definition) is 3. The first-order chi connectivity index (χ1) is 13.1. The van der Waals surface area contributed by atoms with Gasteiger partial charge in [-0.25, -0.2) is 0 Å². The molecule has 0 aromatic heterocycles. The van der Waals surface area contributed by atoms with Crippen LogP contribution >= 0.6 is 0 Å². The van der Waals surface area contributed by atoms with Crippen LogP contribution in [0.4, 0.5) is 5.69 Å². The van der Waals surface area contributed by atoms with E-state index >= 15 is 0 Å². The van der Waals surface area contributed by atoms with Crippen LogP contribution in [0.25, 0.3) is 0 Å². The molecule has 1 amide bonds. The summed E-state index contributed by atoms with van der Waals surface area (Å²) in [5, 5.41) is 9.45. The zero-order valence-corrected chi connectivity index (χ0v) is 16.3. The molecule has 144 valence electrons. The molecule has 1 saturated heterocycles. The Morgan fingerprint density at radius 3 is 2.33 bits per heavy atom. The predicted octanol–water partition coefficient (Wildman–Crippen LogP) is 1.53. The minimum atomic E-state index is -0.0318. The first-order valence-corrected chi connectivity index (χ1v) is 9.79. The van der Waals surface area contributed by atoms with E-state index in [0.29, 0.717) is 12.3 Å². The molecule has 2 N–H and O–H groups in total. The van der Waals surface area contributed by atoms with Crippen molar-refractivity contribution >= 4 is 11.6 Å². The fourth-order valence-electron chi connectivity index (χ4n) is 3.75. The number of amides is 1. The summed E-state index contributed by atoms with van der Waals surface area (Å²) in [6, 6.07) is 17.5. The summed E-state index contributed by atoms with van der Waals surface area (Å²) in [5.41, 5.74) is 2.30. The number of hydrogen-bond donors (Lipinski definition) is 2. The second-order valence-corrected chi connectivity index (χ2v) is 7.22. The number of carbonyl (C=O) groups is 1. The Hall–Kier alpha value is -2.53. The minimum Gasteiger partial charge on any atom is -0.508 e. The van der Waals surface area contributed by atoms with Crippen molar-refractivity contribution in [1.29, 1.82) is 0 Å². The molecule has 0 unspecified atom stereocenters. The number of benzene rings is 2. The van der Waals surface area contributed by atoms with Crippen molar-refractivity contribution in [2.45, 2.75) is 26.4 Å². The Labute approximate surface area is 161 Å². The van der Waals surface area contributed by atoms with Crippen LogP contribution < -0.4 is 9.80 Å². The Morgan fingerprint density at radius 1 is 1.11 bits per heavy atom. The number of phenolic OH excluding ortho intramolecular Hbond substituents is 1. The molecule has 0 bridgehead atoms. The molecular formula is C22H30N3O2+. The lowest BCUT2D eigenvalue weighted by Gasteiger charge is -2.37. The van der Waals surface area contributed by atoms with Crippen LogP contribution in [0.3, 0.4) is 0 Å². The van der Waals surface area contributed by atoms with Crippen molar-refractivity contribution in [3.63, 3.8) is 0 Å². The average molecular weight is 369 g/mol. The highest BCUT2D eigenvalue weighted by molar-refractivity contribution is 5.80. The van der Waals surface area contributed by atoms with Gasteiger partial charge in [0.15, 0.2) is 6.04 Å². The van der Waals surface area contributed by atoms with E-state index in [4.69, 9.17) is 0 Å². The van der Waals surface area contributed by atoms with Gasteiger partial charge in [-0.3, -0.25) is 4.79 Å². The Bertz CT molecular complexity index is 725. The van der Waals surface area contributed by atoms with Crippen molar-refractivity contribution in [2.24, 2.45) is 0 Å². The second kappa shape index (κ2) is 8.91. The number of rotatable bonds is 6. The molecule has 1 aliphatic heterocycles. The minimum absolute atomic E-state index is 0.0318. The summed E-state index contributed by atoms with van der Waals surface area (Å²) in [4.78, 5) is 18.7. The normalized spacial score (nSPS) is 16.1. The van der Waals surface area contributed by atoms with E-state index in [-0.39, 0.29) is 11.9 Å². The maximum Gasteiger partial charge on any atom is 0.280 e. The van der Waals surface area contributed by atoms with Crippen molar-refractivity contribution < 1.29 is 14.8 Å². The van der Waals surface area contributed by atoms with Crippen molar-refractivity contribution in [3.8, 4) is 5.75 Å². The number of anilines is 1. The highest BCUT2D eigenvalue weighted by Crippen LogP contribution is 2.18. The van der Waals surface area contributed by atoms with Crippen LogP contribution in [0.5, 0.6) is 5.75 Å². The molecule has 2 aromatic rings. The van der Waals surface area contributed by atoms with E-state index in [9.17, 15) is 9.90 Å². The standard InChI is InChI=1S/C22H29N3O2/c1-3-23(17-19-7-5-4-6-8-19)22(27)18(2)24-13-15-25(16-14-24)20-9-11-21(26)12-10-20/h4-12,18,26H,3,13-17H2,1-2H3/p+1/t18-/m1/s1. The smallest absolute Gasteiger partial charge is 0.280 e. The summed E-state index contributed by atoms with van der Waals surface area (Å²) >= 11 is 0. The van der Waals surface area contributed by atoms with Gasteiger partial charge in [0.05, 0.1) is 26.2 Å². The number of phenols is 1. The summed E-state index contributed by atoms with van der Waals surface area (Å²) in [6.07, 6.45) is 0. The molecule has 0 spiro atoms. The maximum atomic E-state index is 13.0. The first kappa shape index (κ1) is 19.2. The third-order valence-electron chi connectivity index (χ3n) is 5.51. The fourth-order valence-corrected chi connectivity index (χ4v) is 3.75. The number of quaternary nitrogens is 1. The van der Waals surface area contributed by atoms with Crippen molar-refractivity contribution in [2.75, 3.05) is 37.6 Å². The second-order valence-electron chi connectivity index (χ2n) is 7.22. The Morgan fingerprint density at radius 2 is 1.74 bits per heavy atom. The summed E-state index contributed by atoms with van der Waals surface area (Å²) in [5.74, 6) is 0.523. The largest absolute Gasteiger partial charge is 0.508 e. The lowest BCUT2D eigenvalue weighted by molar-refractivity contribution is -0.915. The highest BCUT2D eigenvalue weighted by atomic mass is 16.3. The van der Waals surface area contributed by atoms with Crippen LogP contribution in [-0.4, -0.2) is 54.7 Å². The molecule has 3 rings (SSSR count). The van der Waals surface area contributed by atoms with Crippen LogP contribution in [-0.2, 0) is 11.3 Å². The van der Waals surface area contributed by atoms with E-state index in [1.807, 2.05) is 42.2 Å². The van der Waals surface area contributed by atoms with E-state index in [2.05, 4.69) is 24.0 Å². The monoisotopic (exact) mass is 368 g/mol. The number of carbonyl (C=O) groups excluding carboxylic acids is 1. The zero-order valence-electron chi connectivity index (χ0n) is 16.3. The summed E-state index contributed by atoms with van der Waals surface area (Å²) in [7, 11) is 0. The van der Waals surface area contributed by atoms with Gasteiger partial charge in [0.2, 0.25) is 0 Å². The lowest BCUT2D eigenvalue weighted by Crippen LogP contribution is -3.19. The lowest BCUT2D eigenvalue weighted by atomic mass is 10.1. The molecule has 0 aliphatic carbocycles. The maximum absolute atomic E-state index is 13.0. The van der Waals surface area contributed by atoms with Gasteiger partial charge >= 0.3 is 0 Å². The fraction of sp³-hybridized carbons (Fsp3) is 0.409. The predicted molar refractivity (Wildman–Crippen MR) is 108 cm³/mol. The van der Waals surface area contributed by atoms with Crippen LogP contribution in [0, 0.1) is 0 Å². The molecule has 0 saturated carbocycles. The molecule has 1 aliphatic rings. The van der Waals surface area contributed by atoms with Gasteiger partial charge in [0.25, 0.3) is 5.91 Å². The molecular weight excluding hydrogens is 338 g/mol. The van der Waals surface area contributed by atoms with Gasteiger partial charge in [-0.05, 0) is 43.7 Å². The number of piperazine rings is 1. The highest BCUT2D eigenvalue weighted by Gasteiger charge is 2.31. The average Bonchev–Trinajstić information content (AvgIpc) is 2.72. The third kappa shape index (κ3) is 4.80. The van der Waals surface area contributed by atoms with E-state index in [1.165, 1.54) is 10.5 Å². The van der Waals surface area contributed by atoms with Gasteiger partial charge in [0, 0.05) is 18.8 Å². The van der Waals surface area contributed by atoms with Gasteiger partial charge in [0.1, 0.15) is 5.75 Å². The summed E-state index contributed by atoms with van der Waals surface area (Å²) < 4.78 is 0. The van der Waals surface area contributed by atoms with Gasteiger partial charge in [-0.2, -0.15) is 0 Å². The molecule has 5 nitrogen and oxygen atoms in total. The van der Waals surface area contributed by atoms with E-state index in [0.717, 1.165) is 38.4 Å². The SMILES string of the molecule is CCN(Cc1ccccc1)C(=O)[C@@H](C)[NH+]1CCN(c2ccc(O)cc2)CC1. The topological polar surface area (TPSA) is 48.2 Å². The molecule has 1 heterocycles. The van der Waals surface area contributed by atoms with Crippen LogP contribution in [0.2, 0.25) is 0 Å². The van der Waals surface area contributed by atoms with Gasteiger partial charge < -0.3 is 19.8 Å².